The van der Waals surface area contributed by atoms with Gasteiger partial charge in [-0.1, -0.05) is 30.3 Å². The van der Waals surface area contributed by atoms with Gasteiger partial charge < -0.3 is 10.4 Å². The predicted molar refractivity (Wildman–Crippen MR) is 85.9 cm³/mol. The third kappa shape index (κ3) is 6.88. The van der Waals surface area contributed by atoms with Gasteiger partial charge in [0.05, 0.1) is 17.7 Å². The van der Waals surface area contributed by atoms with Crippen molar-refractivity contribution in [2.24, 2.45) is 0 Å². The van der Waals surface area contributed by atoms with Gasteiger partial charge in [0.25, 0.3) is 0 Å². The maximum atomic E-state index is 11.7. The van der Waals surface area contributed by atoms with E-state index < -0.39 is 16.8 Å². The molecule has 0 heterocycles. The lowest BCUT2D eigenvalue weighted by Gasteiger charge is -2.14. The fourth-order valence-corrected chi connectivity index (χ4v) is 3.60. The summed E-state index contributed by atoms with van der Waals surface area (Å²) >= 11 is 1.48. The van der Waals surface area contributed by atoms with Gasteiger partial charge in [0.1, 0.15) is 0 Å². The topological polar surface area (TPSA) is 66.4 Å². The Morgan fingerprint density at radius 1 is 1.45 bits per heavy atom. The zero-order valence-corrected chi connectivity index (χ0v) is 13.0. The van der Waals surface area contributed by atoms with Crippen LogP contribution in [0.4, 0.5) is 0 Å². The van der Waals surface area contributed by atoms with Gasteiger partial charge >= 0.3 is 0 Å². The Morgan fingerprint density at radius 3 is 2.75 bits per heavy atom. The fraction of sp³-hybridized carbons (Fsp3) is 0.357. The van der Waals surface area contributed by atoms with E-state index in [0.29, 0.717) is 5.08 Å². The Morgan fingerprint density at radius 2 is 2.15 bits per heavy atom. The van der Waals surface area contributed by atoms with Crippen LogP contribution in [-0.2, 0) is 15.6 Å². The zero-order chi connectivity index (χ0) is 14.8. The van der Waals surface area contributed by atoms with Crippen LogP contribution >= 0.6 is 11.8 Å². The minimum absolute atomic E-state index is 0.217. The molecular formula is C14H19NO3S2. The van der Waals surface area contributed by atoms with Crippen LogP contribution < -0.4 is 5.32 Å². The molecule has 1 unspecified atom stereocenters. The Labute approximate surface area is 126 Å². The number of amides is 1. The van der Waals surface area contributed by atoms with E-state index in [9.17, 15) is 14.1 Å². The molecule has 0 saturated heterocycles. The maximum Gasteiger partial charge on any atom is 0.244 e. The molecule has 0 spiro atoms. The molecule has 0 saturated carbocycles. The second-order valence-corrected chi connectivity index (χ2v) is 6.88. The number of hydrogen-bond acceptors (Lipinski definition) is 4. The van der Waals surface area contributed by atoms with Crippen molar-refractivity contribution in [3.63, 3.8) is 0 Å². The fourth-order valence-electron chi connectivity index (χ4n) is 1.53. The highest BCUT2D eigenvalue weighted by Crippen LogP contribution is 2.01. The molecule has 110 valence electrons. The van der Waals surface area contributed by atoms with Crippen LogP contribution in [0.2, 0.25) is 0 Å². The average molecular weight is 313 g/mol. The maximum absolute atomic E-state index is 11.7. The van der Waals surface area contributed by atoms with Crippen LogP contribution in [0, 0.1) is 0 Å². The molecule has 4 nitrogen and oxygen atoms in total. The van der Waals surface area contributed by atoms with Crippen LogP contribution in [-0.4, -0.2) is 45.0 Å². The van der Waals surface area contributed by atoms with Crippen molar-refractivity contribution in [1.82, 2.24) is 5.32 Å². The van der Waals surface area contributed by atoms with Crippen molar-refractivity contribution >= 4 is 34.5 Å². The van der Waals surface area contributed by atoms with Gasteiger partial charge in [0.2, 0.25) is 5.91 Å². The average Bonchev–Trinajstić information content (AvgIpc) is 2.45. The molecule has 0 bridgehead atoms. The summed E-state index contributed by atoms with van der Waals surface area (Å²) in [6, 6.07) is 8.98. The molecule has 2 N–H and O–H groups in total. The van der Waals surface area contributed by atoms with E-state index in [0.717, 1.165) is 5.56 Å². The highest BCUT2D eigenvalue weighted by atomic mass is 32.2. The van der Waals surface area contributed by atoms with Gasteiger partial charge in [0, 0.05) is 22.6 Å². The Balaban J connectivity index is 2.47. The van der Waals surface area contributed by atoms with Crippen molar-refractivity contribution in [3.8, 4) is 0 Å². The molecule has 1 aromatic carbocycles. The Hall–Kier alpha value is -1.11. The van der Waals surface area contributed by atoms with E-state index >= 15 is 0 Å². The van der Waals surface area contributed by atoms with E-state index in [1.807, 2.05) is 36.6 Å². The molecule has 1 aromatic rings. The minimum Gasteiger partial charge on any atom is -0.394 e. The number of aliphatic hydroxyl groups excluding tert-OH is 1. The van der Waals surface area contributed by atoms with Crippen LogP contribution in [0.1, 0.15) is 5.56 Å². The van der Waals surface area contributed by atoms with Crippen molar-refractivity contribution in [2.75, 3.05) is 23.7 Å². The van der Waals surface area contributed by atoms with Crippen molar-refractivity contribution in [3.05, 3.63) is 42.0 Å². The smallest absolute Gasteiger partial charge is 0.244 e. The van der Waals surface area contributed by atoms with Gasteiger partial charge in [0.15, 0.2) is 0 Å². The van der Waals surface area contributed by atoms with E-state index in [2.05, 4.69) is 5.32 Å². The highest BCUT2D eigenvalue weighted by molar-refractivity contribution is 8.09. The van der Waals surface area contributed by atoms with Gasteiger partial charge in [-0.15, -0.1) is 0 Å². The first-order valence-corrected chi connectivity index (χ1v) is 9.02. The van der Waals surface area contributed by atoms with Crippen LogP contribution in [0.5, 0.6) is 0 Å². The van der Waals surface area contributed by atoms with E-state index in [1.54, 1.807) is 6.08 Å². The van der Waals surface area contributed by atoms with E-state index in [4.69, 9.17) is 0 Å². The summed E-state index contributed by atoms with van der Waals surface area (Å²) in [6.07, 6.45) is 4.98. The first-order valence-electron chi connectivity index (χ1n) is 6.14. The summed E-state index contributed by atoms with van der Waals surface area (Å²) in [5, 5.41) is 12.4. The highest BCUT2D eigenvalue weighted by Gasteiger charge is 2.13. The number of benzene rings is 1. The first kappa shape index (κ1) is 16.9. The number of thioether (sulfide) groups is 1. The lowest BCUT2D eigenvalue weighted by Crippen LogP contribution is -2.40. The lowest BCUT2D eigenvalue weighted by molar-refractivity contribution is -0.117. The SMILES string of the molecule is CSCS(=O)C[C@H](CO)NC(=O)/C=C/c1ccccc1. The zero-order valence-electron chi connectivity index (χ0n) is 11.3. The van der Waals surface area contributed by atoms with Gasteiger partial charge in [-0.3, -0.25) is 9.00 Å². The first-order chi connectivity index (χ1) is 9.65. The molecule has 20 heavy (non-hydrogen) atoms. The molecule has 1 rings (SSSR count). The van der Waals surface area contributed by atoms with Crippen molar-refractivity contribution < 1.29 is 14.1 Å². The Bertz CT molecular complexity index is 463. The molecule has 1 amide bonds. The van der Waals surface area contributed by atoms with Crippen molar-refractivity contribution in [1.29, 1.82) is 0 Å². The van der Waals surface area contributed by atoms with Crippen LogP contribution in [0.3, 0.4) is 0 Å². The number of nitrogens with one attached hydrogen (secondary N) is 1. The molecule has 0 aliphatic heterocycles. The molecule has 0 aliphatic rings. The van der Waals surface area contributed by atoms with Crippen molar-refractivity contribution in [2.45, 2.75) is 6.04 Å². The summed E-state index contributed by atoms with van der Waals surface area (Å²) in [4.78, 5) is 11.7. The monoisotopic (exact) mass is 313 g/mol. The second-order valence-electron chi connectivity index (χ2n) is 4.15. The normalized spacial score (nSPS) is 14.1. The largest absolute Gasteiger partial charge is 0.394 e. The summed E-state index contributed by atoms with van der Waals surface area (Å²) in [5.41, 5.74) is 0.925. The Kier molecular flexibility index (Phi) is 8.25. The van der Waals surface area contributed by atoms with Crippen LogP contribution in [0.25, 0.3) is 6.08 Å². The standard InChI is InChI=1S/C14H19NO3S2/c1-19-11-20(18)10-13(9-16)15-14(17)8-7-12-5-3-2-4-6-12/h2-8,13,16H,9-11H2,1H3,(H,15,17)/b8-7+/t13-,20?/m0/s1. The quantitative estimate of drug-likeness (QED) is 0.709. The predicted octanol–water partition coefficient (Wildman–Crippen LogP) is 1.25. The van der Waals surface area contributed by atoms with Crippen LogP contribution in [0.15, 0.2) is 36.4 Å². The summed E-state index contributed by atoms with van der Waals surface area (Å²) in [6.45, 7) is -0.217. The molecule has 0 aromatic heterocycles. The second kappa shape index (κ2) is 9.74. The summed E-state index contributed by atoms with van der Waals surface area (Å²) < 4.78 is 11.6. The minimum atomic E-state index is -1.04. The summed E-state index contributed by atoms with van der Waals surface area (Å²) in [7, 11) is -1.04. The lowest BCUT2D eigenvalue weighted by atomic mass is 10.2. The molecule has 0 fully saturated rings. The summed E-state index contributed by atoms with van der Waals surface area (Å²) in [5.74, 6) is -0.0310. The number of carbonyl (C=O) groups excluding carboxylic acids is 1. The third-order valence-electron chi connectivity index (χ3n) is 2.43. The molecule has 6 heteroatoms. The van der Waals surface area contributed by atoms with E-state index in [1.165, 1.54) is 17.8 Å². The van der Waals surface area contributed by atoms with Gasteiger partial charge in [-0.05, 0) is 17.9 Å². The van der Waals surface area contributed by atoms with Gasteiger partial charge in [-0.2, -0.15) is 11.8 Å². The van der Waals surface area contributed by atoms with Gasteiger partial charge in [-0.25, -0.2) is 0 Å². The molecule has 2 atom stereocenters. The number of rotatable bonds is 8. The number of carbonyl (C=O) groups is 1. The molecule has 0 aliphatic carbocycles. The molecular weight excluding hydrogens is 294 g/mol. The number of aliphatic hydroxyl groups is 1. The molecule has 0 radical (unpaired) electrons. The van der Waals surface area contributed by atoms with E-state index in [-0.39, 0.29) is 18.3 Å². The number of hydrogen-bond donors (Lipinski definition) is 2. The third-order valence-corrected chi connectivity index (χ3v) is 5.20.